The van der Waals surface area contributed by atoms with Gasteiger partial charge in [-0.3, -0.25) is 0 Å². The summed E-state index contributed by atoms with van der Waals surface area (Å²) in [6.07, 6.45) is 2.28. The van der Waals surface area contributed by atoms with Crippen LogP contribution in [0.25, 0.3) is 0 Å². The van der Waals surface area contributed by atoms with Crippen LogP contribution in [0.4, 0.5) is 5.82 Å². The first-order chi connectivity index (χ1) is 8.72. The molecule has 0 radical (unpaired) electrons. The summed E-state index contributed by atoms with van der Waals surface area (Å²) < 4.78 is 5.46. The van der Waals surface area contributed by atoms with Crippen LogP contribution in [-0.2, 0) is 0 Å². The second-order valence-electron chi connectivity index (χ2n) is 4.71. The van der Waals surface area contributed by atoms with Crippen molar-refractivity contribution in [2.45, 2.75) is 26.7 Å². The maximum absolute atomic E-state index is 5.71. The molecular formula is C13H22N4O. The molecule has 0 unspecified atom stereocenters. The molecule has 0 atom stereocenters. The average Bonchev–Trinajstić information content (AvgIpc) is 2.38. The molecule has 100 valence electrons. The molecule has 5 nitrogen and oxygen atoms in total. The topological polar surface area (TPSA) is 64.3 Å². The number of anilines is 1. The molecule has 1 saturated heterocycles. The molecule has 1 aromatic rings. The van der Waals surface area contributed by atoms with Crippen molar-refractivity contribution in [3.8, 4) is 5.88 Å². The molecule has 18 heavy (non-hydrogen) atoms. The van der Waals surface area contributed by atoms with Gasteiger partial charge >= 0.3 is 0 Å². The summed E-state index contributed by atoms with van der Waals surface area (Å²) >= 11 is 0. The summed E-state index contributed by atoms with van der Waals surface area (Å²) in [5, 5.41) is 0. The number of nitrogens with two attached hydrogens (primary N) is 1. The molecule has 0 aliphatic carbocycles. The zero-order valence-corrected chi connectivity index (χ0v) is 11.2. The predicted molar refractivity (Wildman–Crippen MR) is 71.9 cm³/mol. The lowest BCUT2D eigenvalue weighted by Crippen LogP contribution is -2.36. The smallest absolute Gasteiger partial charge is 0.218 e. The first kappa shape index (κ1) is 13.1. The lowest BCUT2D eigenvalue weighted by Gasteiger charge is -2.32. The van der Waals surface area contributed by atoms with Gasteiger partial charge in [0.25, 0.3) is 0 Å². The van der Waals surface area contributed by atoms with E-state index in [0.29, 0.717) is 18.4 Å². The van der Waals surface area contributed by atoms with Gasteiger partial charge in [0.15, 0.2) is 0 Å². The second-order valence-corrected chi connectivity index (χ2v) is 4.71. The van der Waals surface area contributed by atoms with Crippen LogP contribution in [0.2, 0.25) is 0 Å². The third-order valence-electron chi connectivity index (χ3n) is 3.37. The van der Waals surface area contributed by atoms with E-state index in [9.17, 15) is 0 Å². The van der Waals surface area contributed by atoms with Gasteiger partial charge in [-0.25, -0.2) is 4.98 Å². The third-order valence-corrected chi connectivity index (χ3v) is 3.37. The number of nitrogens with zero attached hydrogens (tertiary/aromatic N) is 3. The minimum absolute atomic E-state index is 0.630. The Morgan fingerprint density at radius 2 is 2.11 bits per heavy atom. The summed E-state index contributed by atoms with van der Waals surface area (Å²) in [7, 11) is 0. The molecule has 0 bridgehead atoms. The lowest BCUT2D eigenvalue weighted by atomic mass is 9.97. The Morgan fingerprint density at radius 1 is 1.39 bits per heavy atom. The van der Waals surface area contributed by atoms with Crippen molar-refractivity contribution in [2.75, 3.05) is 31.1 Å². The summed E-state index contributed by atoms with van der Waals surface area (Å²) in [5.41, 5.74) is 5.71. The Bertz CT molecular complexity index is 389. The summed E-state index contributed by atoms with van der Waals surface area (Å²) in [4.78, 5) is 11.1. The van der Waals surface area contributed by atoms with Crippen LogP contribution in [0.3, 0.4) is 0 Å². The van der Waals surface area contributed by atoms with Gasteiger partial charge in [-0.2, -0.15) is 4.98 Å². The predicted octanol–water partition coefficient (Wildman–Crippen LogP) is 1.36. The van der Waals surface area contributed by atoms with Crippen molar-refractivity contribution in [3.63, 3.8) is 0 Å². The standard InChI is InChI=1S/C13H22N4O/c1-3-18-13-8-12(15-10(2)16-13)17-6-4-11(9-14)5-7-17/h8,11H,3-7,9,14H2,1-2H3. The molecule has 0 saturated carbocycles. The number of ether oxygens (including phenoxy) is 1. The molecule has 1 aliphatic heterocycles. The van der Waals surface area contributed by atoms with E-state index in [2.05, 4.69) is 14.9 Å². The molecule has 1 aromatic heterocycles. The van der Waals surface area contributed by atoms with Crippen LogP contribution in [0.15, 0.2) is 6.07 Å². The summed E-state index contributed by atoms with van der Waals surface area (Å²) in [5.74, 6) is 3.06. The maximum atomic E-state index is 5.71. The van der Waals surface area contributed by atoms with Crippen molar-refractivity contribution in [2.24, 2.45) is 11.7 Å². The fourth-order valence-corrected chi connectivity index (χ4v) is 2.31. The van der Waals surface area contributed by atoms with E-state index >= 15 is 0 Å². The summed E-state index contributed by atoms with van der Waals surface area (Å²) in [6.45, 7) is 7.32. The second kappa shape index (κ2) is 6.00. The Kier molecular flexibility index (Phi) is 4.36. The van der Waals surface area contributed by atoms with Gasteiger partial charge < -0.3 is 15.4 Å². The van der Waals surface area contributed by atoms with Crippen LogP contribution in [0.5, 0.6) is 5.88 Å². The van der Waals surface area contributed by atoms with E-state index in [1.165, 1.54) is 0 Å². The highest BCUT2D eigenvalue weighted by Crippen LogP contribution is 2.23. The Hall–Kier alpha value is -1.36. The van der Waals surface area contributed by atoms with Crippen molar-refractivity contribution < 1.29 is 4.74 Å². The van der Waals surface area contributed by atoms with Gasteiger partial charge in [-0.15, -0.1) is 0 Å². The van der Waals surface area contributed by atoms with Gasteiger partial charge in [-0.1, -0.05) is 0 Å². The van der Waals surface area contributed by atoms with Crippen LogP contribution >= 0.6 is 0 Å². The molecule has 0 aromatic carbocycles. The van der Waals surface area contributed by atoms with E-state index in [1.807, 2.05) is 19.9 Å². The number of hydrogen-bond donors (Lipinski definition) is 1. The summed E-state index contributed by atoms with van der Waals surface area (Å²) in [6, 6.07) is 1.93. The highest BCUT2D eigenvalue weighted by molar-refractivity contribution is 5.42. The SMILES string of the molecule is CCOc1cc(N2CCC(CN)CC2)nc(C)n1. The monoisotopic (exact) mass is 250 g/mol. The molecule has 5 heteroatoms. The number of rotatable bonds is 4. The van der Waals surface area contributed by atoms with Gasteiger partial charge in [0.05, 0.1) is 6.61 Å². The first-order valence-electron chi connectivity index (χ1n) is 6.66. The number of aromatic nitrogens is 2. The maximum Gasteiger partial charge on any atom is 0.218 e. The van der Waals surface area contributed by atoms with Gasteiger partial charge in [0.1, 0.15) is 11.6 Å². The van der Waals surface area contributed by atoms with E-state index in [4.69, 9.17) is 10.5 Å². The zero-order chi connectivity index (χ0) is 13.0. The van der Waals surface area contributed by atoms with E-state index in [-0.39, 0.29) is 0 Å². The molecule has 2 rings (SSSR count). The zero-order valence-electron chi connectivity index (χ0n) is 11.2. The van der Waals surface area contributed by atoms with Crippen molar-refractivity contribution in [1.29, 1.82) is 0 Å². The number of piperidine rings is 1. The molecule has 2 N–H and O–H groups in total. The van der Waals surface area contributed by atoms with E-state index < -0.39 is 0 Å². The van der Waals surface area contributed by atoms with Gasteiger partial charge in [0, 0.05) is 19.2 Å². The van der Waals surface area contributed by atoms with Crippen LogP contribution < -0.4 is 15.4 Å². The Morgan fingerprint density at radius 3 is 2.72 bits per heavy atom. The van der Waals surface area contributed by atoms with Gasteiger partial charge in [-0.05, 0) is 39.2 Å². The van der Waals surface area contributed by atoms with E-state index in [1.54, 1.807) is 0 Å². The molecule has 1 aliphatic rings. The molecular weight excluding hydrogens is 228 g/mol. The minimum atomic E-state index is 0.630. The average molecular weight is 250 g/mol. The Labute approximate surface area is 108 Å². The lowest BCUT2D eigenvalue weighted by molar-refractivity contribution is 0.325. The molecule has 0 amide bonds. The largest absolute Gasteiger partial charge is 0.478 e. The quantitative estimate of drug-likeness (QED) is 0.874. The van der Waals surface area contributed by atoms with Crippen LogP contribution in [-0.4, -0.2) is 36.2 Å². The third kappa shape index (κ3) is 3.10. The molecule has 1 fully saturated rings. The highest BCUT2D eigenvalue weighted by atomic mass is 16.5. The van der Waals surface area contributed by atoms with Crippen LogP contribution in [0, 0.1) is 12.8 Å². The normalized spacial score (nSPS) is 16.9. The van der Waals surface area contributed by atoms with E-state index in [0.717, 1.165) is 44.1 Å². The number of aryl methyl sites for hydroxylation is 1. The van der Waals surface area contributed by atoms with Crippen molar-refractivity contribution in [1.82, 2.24) is 9.97 Å². The minimum Gasteiger partial charge on any atom is -0.478 e. The fourth-order valence-electron chi connectivity index (χ4n) is 2.31. The molecule has 0 spiro atoms. The Balaban J connectivity index is 2.08. The van der Waals surface area contributed by atoms with Crippen LogP contribution in [0.1, 0.15) is 25.6 Å². The highest BCUT2D eigenvalue weighted by Gasteiger charge is 2.19. The van der Waals surface area contributed by atoms with Gasteiger partial charge in [0.2, 0.25) is 5.88 Å². The fraction of sp³-hybridized carbons (Fsp3) is 0.692. The van der Waals surface area contributed by atoms with Crippen molar-refractivity contribution in [3.05, 3.63) is 11.9 Å². The van der Waals surface area contributed by atoms with Crippen molar-refractivity contribution >= 4 is 5.82 Å². The number of hydrogen-bond acceptors (Lipinski definition) is 5. The first-order valence-corrected chi connectivity index (χ1v) is 6.66. The molecule has 2 heterocycles.